The smallest absolute Gasteiger partial charge is 0.303 e. The molecule has 1 amide bonds. The lowest BCUT2D eigenvalue weighted by Crippen LogP contribution is -2.29. The Labute approximate surface area is 129 Å². The molecule has 0 aliphatic rings. The molecule has 1 heterocycles. The number of rotatable bonds is 8. The SMILES string of the molecule is Cc1ccc(C=CC(=O)NC[C@H](CC(=O)O)CC(C)C)s1. The molecule has 0 aromatic carbocycles. The van der Waals surface area contributed by atoms with Gasteiger partial charge in [-0.2, -0.15) is 0 Å². The Hall–Kier alpha value is -1.62. The van der Waals surface area contributed by atoms with E-state index >= 15 is 0 Å². The van der Waals surface area contributed by atoms with Crippen molar-refractivity contribution in [3.63, 3.8) is 0 Å². The highest BCUT2D eigenvalue weighted by molar-refractivity contribution is 7.12. The summed E-state index contributed by atoms with van der Waals surface area (Å²) in [6.45, 7) is 6.52. The van der Waals surface area contributed by atoms with E-state index in [2.05, 4.69) is 19.2 Å². The quantitative estimate of drug-likeness (QED) is 0.724. The molecule has 1 rings (SSSR count). The molecule has 0 radical (unpaired) electrons. The normalized spacial score (nSPS) is 12.8. The van der Waals surface area contributed by atoms with Crippen LogP contribution >= 0.6 is 11.3 Å². The number of aliphatic carboxylic acids is 1. The van der Waals surface area contributed by atoms with Gasteiger partial charge in [-0.25, -0.2) is 0 Å². The number of amides is 1. The highest BCUT2D eigenvalue weighted by Gasteiger charge is 2.15. The van der Waals surface area contributed by atoms with Gasteiger partial charge in [0, 0.05) is 28.8 Å². The number of nitrogens with one attached hydrogen (secondary N) is 1. The molecule has 0 saturated carbocycles. The molecule has 0 spiro atoms. The highest BCUT2D eigenvalue weighted by atomic mass is 32.1. The minimum absolute atomic E-state index is 0.0242. The van der Waals surface area contributed by atoms with Gasteiger partial charge in [0.25, 0.3) is 0 Å². The predicted octanol–water partition coefficient (Wildman–Crippen LogP) is 3.32. The second kappa shape index (κ2) is 8.62. The summed E-state index contributed by atoms with van der Waals surface area (Å²) in [5.41, 5.74) is 0. The van der Waals surface area contributed by atoms with Crippen molar-refractivity contribution in [2.24, 2.45) is 11.8 Å². The van der Waals surface area contributed by atoms with Crippen molar-refractivity contribution >= 4 is 29.3 Å². The average molecular weight is 309 g/mol. The number of thiophene rings is 1. The third-order valence-electron chi connectivity index (χ3n) is 2.99. The zero-order valence-electron chi connectivity index (χ0n) is 12.8. The molecule has 1 atom stereocenters. The monoisotopic (exact) mass is 309 g/mol. The van der Waals surface area contributed by atoms with Crippen LogP contribution in [0.2, 0.25) is 0 Å². The summed E-state index contributed by atoms with van der Waals surface area (Å²) in [5.74, 6) is -0.612. The van der Waals surface area contributed by atoms with Crippen LogP contribution in [0.5, 0.6) is 0 Å². The molecule has 116 valence electrons. The number of carboxylic acids is 1. The van der Waals surface area contributed by atoms with Crippen molar-refractivity contribution in [3.05, 3.63) is 28.0 Å². The molecule has 21 heavy (non-hydrogen) atoms. The summed E-state index contributed by atoms with van der Waals surface area (Å²) in [5, 5.41) is 11.7. The van der Waals surface area contributed by atoms with E-state index in [4.69, 9.17) is 5.11 Å². The Balaban J connectivity index is 2.45. The fourth-order valence-electron chi connectivity index (χ4n) is 2.16. The van der Waals surface area contributed by atoms with Gasteiger partial charge in [0.05, 0.1) is 0 Å². The molecular formula is C16H23NO3S. The van der Waals surface area contributed by atoms with E-state index in [1.165, 1.54) is 11.0 Å². The molecule has 0 fully saturated rings. The Kier molecular flexibility index (Phi) is 7.15. The molecule has 2 N–H and O–H groups in total. The molecule has 0 aliphatic heterocycles. The van der Waals surface area contributed by atoms with E-state index in [1.807, 2.05) is 19.1 Å². The van der Waals surface area contributed by atoms with Crippen LogP contribution in [0, 0.1) is 18.8 Å². The van der Waals surface area contributed by atoms with Gasteiger partial charge < -0.3 is 10.4 Å². The molecule has 0 unspecified atom stereocenters. The van der Waals surface area contributed by atoms with E-state index in [1.54, 1.807) is 17.4 Å². The summed E-state index contributed by atoms with van der Waals surface area (Å²) in [6.07, 6.45) is 4.16. The van der Waals surface area contributed by atoms with Gasteiger partial charge in [0.1, 0.15) is 0 Å². The lowest BCUT2D eigenvalue weighted by atomic mass is 9.94. The molecule has 1 aromatic heterocycles. The van der Waals surface area contributed by atoms with Crippen molar-refractivity contribution < 1.29 is 14.7 Å². The van der Waals surface area contributed by atoms with Gasteiger partial charge in [-0.15, -0.1) is 11.3 Å². The first-order chi connectivity index (χ1) is 9.86. The first-order valence-electron chi connectivity index (χ1n) is 7.11. The fourth-order valence-corrected chi connectivity index (χ4v) is 2.94. The summed E-state index contributed by atoms with van der Waals surface area (Å²) in [6, 6.07) is 3.98. The van der Waals surface area contributed by atoms with E-state index in [0.717, 1.165) is 11.3 Å². The summed E-state index contributed by atoms with van der Waals surface area (Å²) < 4.78 is 0. The molecule has 4 nitrogen and oxygen atoms in total. The zero-order valence-corrected chi connectivity index (χ0v) is 13.6. The predicted molar refractivity (Wildman–Crippen MR) is 86.3 cm³/mol. The third kappa shape index (κ3) is 7.66. The highest BCUT2D eigenvalue weighted by Crippen LogP contribution is 2.16. The fraction of sp³-hybridized carbons (Fsp3) is 0.500. The van der Waals surface area contributed by atoms with Gasteiger partial charge in [-0.3, -0.25) is 9.59 Å². The lowest BCUT2D eigenvalue weighted by Gasteiger charge is -2.17. The second-order valence-electron chi connectivity index (χ2n) is 5.62. The van der Waals surface area contributed by atoms with Crippen LogP contribution in [0.25, 0.3) is 6.08 Å². The number of aryl methyl sites for hydroxylation is 1. The van der Waals surface area contributed by atoms with Crippen molar-refractivity contribution in [1.29, 1.82) is 0 Å². The van der Waals surface area contributed by atoms with Crippen LogP contribution in [-0.4, -0.2) is 23.5 Å². The number of hydrogen-bond acceptors (Lipinski definition) is 3. The summed E-state index contributed by atoms with van der Waals surface area (Å²) in [7, 11) is 0. The number of carbonyl (C=O) groups is 2. The molecule has 1 aromatic rings. The minimum Gasteiger partial charge on any atom is -0.481 e. The maximum Gasteiger partial charge on any atom is 0.303 e. The van der Waals surface area contributed by atoms with Crippen molar-refractivity contribution in [1.82, 2.24) is 5.32 Å². The van der Waals surface area contributed by atoms with Gasteiger partial charge >= 0.3 is 5.97 Å². The molecule has 5 heteroatoms. The van der Waals surface area contributed by atoms with Crippen LogP contribution < -0.4 is 5.32 Å². The molecule has 0 aliphatic carbocycles. The first kappa shape index (κ1) is 17.4. The topological polar surface area (TPSA) is 66.4 Å². The summed E-state index contributed by atoms with van der Waals surface area (Å²) >= 11 is 1.63. The lowest BCUT2D eigenvalue weighted by molar-refractivity contribution is -0.138. The van der Waals surface area contributed by atoms with Crippen LogP contribution in [-0.2, 0) is 9.59 Å². The van der Waals surface area contributed by atoms with Gasteiger partial charge in [0.15, 0.2) is 0 Å². The van der Waals surface area contributed by atoms with E-state index in [-0.39, 0.29) is 18.2 Å². The van der Waals surface area contributed by atoms with E-state index in [9.17, 15) is 9.59 Å². The largest absolute Gasteiger partial charge is 0.481 e. The number of carbonyl (C=O) groups excluding carboxylic acids is 1. The number of carboxylic acid groups (broad SMARTS) is 1. The van der Waals surface area contributed by atoms with Crippen molar-refractivity contribution in [2.45, 2.75) is 33.6 Å². The standard InChI is InChI=1S/C16H23NO3S/c1-11(2)8-13(9-16(19)20)10-17-15(18)7-6-14-5-4-12(3)21-14/h4-7,11,13H,8-10H2,1-3H3,(H,17,18)(H,19,20)/t13-/m0/s1. The average Bonchev–Trinajstić information content (AvgIpc) is 2.78. The van der Waals surface area contributed by atoms with Crippen LogP contribution in [0.3, 0.4) is 0 Å². The Morgan fingerprint density at radius 3 is 2.62 bits per heavy atom. The van der Waals surface area contributed by atoms with Crippen LogP contribution in [0.15, 0.2) is 18.2 Å². The third-order valence-corrected chi connectivity index (χ3v) is 3.96. The maximum absolute atomic E-state index is 11.8. The van der Waals surface area contributed by atoms with Gasteiger partial charge in [-0.05, 0) is 43.4 Å². The van der Waals surface area contributed by atoms with E-state index in [0.29, 0.717) is 12.5 Å². The van der Waals surface area contributed by atoms with Crippen molar-refractivity contribution in [2.75, 3.05) is 6.54 Å². The minimum atomic E-state index is -0.820. The Morgan fingerprint density at radius 2 is 2.10 bits per heavy atom. The Bertz CT molecular complexity index is 505. The van der Waals surface area contributed by atoms with Crippen LogP contribution in [0.1, 0.15) is 36.4 Å². The van der Waals surface area contributed by atoms with Crippen LogP contribution in [0.4, 0.5) is 0 Å². The molecule has 0 bridgehead atoms. The molecule has 0 saturated heterocycles. The van der Waals surface area contributed by atoms with E-state index < -0.39 is 5.97 Å². The van der Waals surface area contributed by atoms with Gasteiger partial charge in [-0.1, -0.05) is 13.8 Å². The maximum atomic E-state index is 11.8. The summed E-state index contributed by atoms with van der Waals surface area (Å²) in [4.78, 5) is 24.8. The first-order valence-corrected chi connectivity index (χ1v) is 7.92. The Morgan fingerprint density at radius 1 is 1.38 bits per heavy atom. The zero-order chi connectivity index (χ0) is 15.8. The van der Waals surface area contributed by atoms with Crippen molar-refractivity contribution in [3.8, 4) is 0 Å². The van der Waals surface area contributed by atoms with Gasteiger partial charge in [0.2, 0.25) is 5.91 Å². The second-order valence-corrected chi connectivity index (χ2v) is 6.94. The molecular weight excluding hydrogens is 286 g/mol. The number of hydrogen-bond donors (Lipinski definition) is 2.